The molecule has 0 saturated carbocycles. The molecule has 8 nitrogen and oxygen atoms in total. The molecule has 2 heterocycles. The average molecular weight is 483 g/mol. The second-order valence-electron chi connectivity index (χ2n) is 8.21. The van der Waals surface area contributed by atoms with Crippen LogP contribution in [0.4, 0.5) is 5.82 Å². The van der Waals surface area contributed by atoms with Crippen molar-refractivity contribution in [3.05, 3.63) is 59.7 Å². The molecule has 1 fully saturated rings. The molecule has 4 rings (SSSR count). The topological polar surface area (TPSA) is 84.9 Å². The van der Waals surface area contributed by atoms with Gasteiger partial charge in [-0.2, -0.15) is 4.31 Å². The van der Waals surface area contributed by atoms with E-state index < -0.39 is 10.0 Å². The van der Waals surface area contributed by atoms with E-state index in [0.717, 1.165) is 34.0 Å². The first-order valence-corrected chi connectivity index (χ1v) is 12.7. The lowest BCUT2D eigenvalue weighted by Gasteiger charge is -2.34. The number of piperazine rings is 1. The van der Waals surface area contributed by atoms with E-state index in [-0.39, 0.29) is 4.90 Å². The number of aromatic nitrogens is 2. The molecule has 1 saturated heterocycles. The molecule has 2 aromatic carbocycles. The summed E-state index contributed by atoms with van der Waals surface area (Å²) in [6.45, 7) is 8.21. The van der Waals surface area contributed by atoms with E-state index in [4.69, 9.17) is 9.47 Å². The van der Waals surface area contributed by atoms with Crippen molar-refractivity contribution in [3.63, 3.8) is 0 Å². The van der Waals surface area contributed by atoms with Gasteiger partial charge in [-0.3, -0.25) is 0 Å². The van der Waals surface area contributed by atoms with Gasteiger partial charge >= 0.3 is 0 Å². The minimum absolute atomic E-state index is 0.214. The Morgan fingerprint density at radius 2 is 1.59 bits per heavy atom. The van der Waals surface area contributed by atoms with E-state index in [1.165, 1.54) is 11.4 Å². The van der Waals surface area contributed by atoms with Gasteiger partial charge in [0.1, 0.15) is 16.4 Å². The predicted molar refractivity (Wildman–Crippen MR) is 132 cm³/mol. The Morgan fingerprint density at radius 3 is 2.18 bits per heavy atom. The molecule has 1 aliphatic heterocycles. The van der Waals surface area contributed by atoms with Crippen molar-refractivity contribution in [1.29, 1.82) is 0 Å². The zero-order valence-electron chi connectivity index (χ0n) is 20.0. The minimum Gasteiger partial charge on any atom is -0.495 e. The number of rotatable bonds is 7. The summed E-state index contributed by atoms with van der Waals surface area (Å²) in [4.78, 5) is 2.27. The Morgan fingerprint density at radius 1 is 0.912 bits per heavy atom. The summed E-state index contributed by atoms with van der Waals surface area (Å²) in [6.07, 6.45) is 0. The zero-order valence-corrected chi connectivity index (χ0v) is 20.8. The molecule has 0 atom stereocenters. The second-order valence-corrected chi connectivity index (χ2v) is 10.1. The van der Waals surface area contributed by atoms with Crippen LogP contribution in [-0.2, 0) is 10.0 Å². The standard InChI is InChI=1S/C25H30N4O4S/c1-5-33-21-8-6-20(7-9-21)22-10-11-25(27-26-22)28-12-14-29(15-13-28)34(30,31)24-17-19(3)18(2)16-23(24)32-4/h6-11,16-17H,5,12-15H2,1-4H3. The fraction of sp³-hybridized carbons (Fsp3) is 0.360. The highest BCUT2D eigenvalue weighted by Gasteiger charge is 2.31. The number of aryl methyl sites for hydroxylation is 2. The molecule has 0 spiro atoms. The van der Waals surface area contributed by atoms with Gasteiger partial charge in [0.15, 0.2) is 5.82 Å². The molecule has 0 N–H and O–H groups in total. The Bertz CT molecular complexity index is 1240. The van der Waals surface area contributed by atoms with Gasteiger partial charge in [-0.15, -0.1) is 10.2 Å². The van der Waals surface area contributed by atoms with Gasteiger partial charge in [0.2, 0.25) is 10.0 Å². The van der Waals surface area contributed by atoms with E-state index >= 15 is 0 Å². The molecular formula is C25H30N4O4S. The molecule has 34 heavy (non-hydrogen) atoms. The van der Waals surface area contributed by atoms with Crippen molar-refractivity contribution in [2.45, 2.75) is 25.7 Å². The summed E-state index contributed by atoms with van der Waals surface area (Å²) < 4.78 is 39.0. The highest BCUT2D eigenvalue weighted by Crippen LogP contribution is 2.31. The third kappa shape index (κ3) is 4.85. The highest BCUT2D eigenvalue weighted by molar-refractivity contribution is 7.89. The van der Waals surface area contributed by atoms with Gasteiger partial charge in [0.25, 0.3) is 0 Å². The average Bonchev–Trinajstić information content (AvgIpc) is 2.86. The lowest BCUT2D eigenvalue weighted by Crippen LogP contribution is -2.49. The van der Waals surface area contributed by atoms with E-state index in [0.29, 0.717) is 38.5 Å². The lowest BCUT2D eigenvalue weighted by molar-refractivity contribution is 0.340. The van der Waals surface area contributed by atoms with Crippen LogP contribution in [0.5, 0.6) is 11.5 Å². The monoisotopic (exact) mass is 482 g/mol. The fourth-order valence-corrected chi connectivity index (χ4v) is 5.60. The quantitative estimate of drug-likeness (QED) is 0.508. The summed E-state index contributed by atoms with van der Waals surface area (Å²) in [5.41, 5.74) is 3.64. The van der Waals surface area contributed by atoms with Crippen LogP contribution >= 0.6 is 0 Å². The van der Waals surface area contributed by atoms with E-state index in [2.05, 4.69) is 15.1 Å². The van der Waals surface area contributed by atoms with Crippen molar-refractivity contribution < 1.29 is 17.9 Å². The van der Waals surface area contributed by atoms with Crippen LogP contribution in [0.1, 0.15) is 18.1 Å². The molecule has 0 unspecified atom stereocenters. The SMILES string of the molecule is CCOc1ccc(-c2ccc(N3CCN(S(=O)(=O)c4cc(C)c(C)cc4OC)CC3)nn2)cc1. The van der Waals surface area contributed by atoms with Gasteiger partial charge in [-0.1, -0.05) is 0 Å². The number of anilines is 1. The lowest BCUT2D eigenvalue weighted by atomic mass is 10.1. The largest absolute Gasteiger partial charge is 0.495 e. The maximum absolute atomic E-state index is 13.3. The molecule has 1 aromatic heterocycles. The van der Waals surface area contributed by atoms with Crippen LogP contribution in [0.25, 0.3) is 11.3 Å². The normalized spacial score (nSPS) is 14.8. The number of hydrogen-bond donors (Lipinski definition) is 0. The van der Waals surface area contributed by atoms with Gasteiger partial charge in [-0.25, -0.2) is 8.42 Å². The molecule has 0 amide bonds. The number of ether oxygens (including phenoxy) is 2. The van der Waals surface area contributed by atoms with Crippen LogP contribution in [0.3, 0.4) is 0 Å². The van der Waals surface area contributed by atoms with Gasteiger partial charge in [0, 0.05) is 31.7 Å². The maximum Gasteiger partial charge on any atom is 0.246 e. The Balaban J connectivity index is 1.44. The van der Waals surface area contributed by atoms with E-state index in [1.54, 1.807) is 12.1 Å². The molecule has 180 valence electrons. The highest BCUT2D eigenvalue weighted by atomic mass is 32.2. The van der Waals surface area contributed by atoms with E-state index in [9.17, 15) is 8.42 Å². The molecular weight excluding hydrogens is 452 g/mol. The van der Waals surface area contributed by atoms with Crippen LogP contribution in [-0.4, -0.2) is 62.8 Å². The summed E-state index contributed by atoms with van der Waals surface area (Å²) in [6, 6.07) is 15.1. The second kappa shape index (κ2) is 9.99. The smallest absolute Gasteiger partial charge is 0.246 e. The Kier molecular flexibility index (Phi) is 7.04. The van der Waals surface area contributed by atoms with Crippen LogP contribution in [0, 0.1) is 13.8 Å². The van der Waals surface area contributed by atoms with Crippen molar-refractivity contribution in [1.82, 2.24) is 14.5 Å². The van der Waals surface area contributed by atoms with Gasteiger partial charge in [0.05, 0.1) is 19.4 Å². The Hall–Kier alpha value is -3.17. The first-order valence-electron chi connectivity index (χ1n) is 11.3. The van der Waals surface area contributed by atoms with Gasteiger partial charge < -0.3 is 14.4 Å². The molecule has 9 heteroatoms. The number of sulfonamides is 1. The Labute approximate surface area is 201 Å². The molecule has 3 aromatic rings. The van der Waals surface area contributed by atoms with Crippen molar-refractivity contribution in [3.8, 4) is 22.8 Å². The third-order valence-electron chi connectivity index (χ3n) is 6.07. The summed E-state index contributed by atoms with van der Waals surface area (Å²) >= 11 is 0. The fourth-order valence-electron chi connectivity index (χ4n) is 3.96. The number of benzene rings is 2. The van der Waals surface area contributed by atoms with Crippen molar-refractivity contribution in [2.75, 3.05) is 44.8 Å². The third-order valence-corrected chi connectivity index (χ3v) is 7.99. The van der Waals surface area contributed by atoms with Crippen LogP contribution in [0.15, 0.2) is 53.4 Å². The number of nitrogens with zero attached hydrogens (tertiary/aromatic N) is 4. The van der Waals surface area contributed by atoms with Crippen molar-refractivity contribution in [2.24, 2.45) is 0 Å². The molecule has 0 bridgehead atoms. The summed E-state index contributed by atoms with van der Waals surface area (Å²) in [5, 5.41) is 8.76. The van der Waals surface area contributed by atoms with Crippen LogP contribution in [0.2, 0.25) is 0 Å². The first kappa shape index (κ1) is 24.0. The minimum atomic E-state index is -3.66. The predicted octanol–water partition coefficient (Wildman–Crippen LogP) is 3.68. The molecule has 1 aliphatic rings. The number of methoxy groups -OCH3 is 1. The van der Waals surface area contributed by atoms with Crippen LogP contribution < -0.4 is 14.4 Å². The molecule has 0 aliphatic carbocycles. The first-order chi connectivity index (χ1) is 16.3. The van der Waals surface area contributed by atoms with E-state index in [1.807, 2.05) is 57.2 Å². The number of hydrogen-bond acceptors (Lipinski definition) is 7. The van der Waals surface area contributed by atoms with Crippen molar-refractivity contribution >= 4 is 15.8 Å². The zero-order chi connectivity index (χ0) is 24.3. The summed E-state index contributed by atoms with van der Waals surface area (Å²) in [5.74, 6) is 1.93. The maximum atomic E-state index is 13.3. The summed E-state index contributed by atoms with van der Waals surface area (Å²) in [7, 11) is -2.17. The molecule has 0 radical (unpaired) electrons. The van der Waals surface area contributed by atoms with Gasteiger partial charge in [-0.05, 0) is 80.4 Å².